The van der Waals surface area contributed by atoms with Gasteiger partial charge in [-0.05, 0) is 128 Å². The summed E-state index contributed by atoms with van der Waals surface area (Å²) in [7, 11) is -11.7. The molecule has 0 saturated carbocycles. The predicted molar refractivity (Wildman–Crippen MR) is 184 cm³/mol. The predicted octanol–water partition coefficient (Wildman–Crippen LogP) is 8.63. The Hall–Kier alpha value is 1.06. The summed E-state index contributed by atoms with van der Waals surface area (Å²) >= 11 is 0. The van der Waals surface area contributed by atoms with Gasteiger partial charge in [0.1, 0.15) is 0 Å². The van der Waals surface area contributed by atoms with E-state index in [0.717, 1.165) is 38.5 Å². The molecule has 0 aliphatic carbocycles. The average molecular weight is 657 g/mol. The maximum Gasteiger partial charge on any atom is 0.317 e. The topological polar surface area (TPSA) is 77.4 Å². The lowest BCUT2D eigenvalue weighted by molar-refractivity contribution is 0.0352. The smallest absolute Gasteiger partial charge is 0.317 e. The molecule has 6 nitrogen and oxygen atoms in total. The van der Waals surface area contributed by atoms with Crippen molar-refractivity contribution in [1.82, 2.24) is 0 Å². The van der Waals surface area contributed by atoms with Crippen LogP contribution in [-0.2, 0) is 16.5 Å². The molecule has 0 aliphatic heterocycles. The Balaban J connectivity index is 5.37. The van der Waals surface area contributed by atoms with E-state index in [1.807, 2.05) is 0 Å². The minimum atomic E-state index is -2.36. The van der Waals surface area contributed by atoms with Crippen LogP contribution in [0, 0.1) is 5.41 Å². The van der Waals surface area contributed by atoms with Crippen molar-refractivity contribution in [3.8, 4) is 0 Å². The van der Waals surface area contributed by atoms with E-state index in [2.05, 4.69) is 106 Å². The van der Waals surface area contributed by atoms with Crippen LogP contribution in [0.4, 0.5) is 0 Å². The molecule has 0 rings (SSSR count). The van der Waals surface area contributed by atoms with Crippen molar-refractivity contribution in [2.45, 2.75) is 155 Å². The summed E-state index contributed by atoms with van der Waals surface area (Å²) in [5, 5.41) is 20.8. The van der Waals surface area contributed by atoms with Crippen LogP contribution in [0.25, 0.3) is 0 Å². The lowest BCUT2D eigenvalue weighted by Gasteiger charge is -2.42. The Morgan fingerprint density at radius 1 is 0.487 bits per heavy atom. The first-order chi connectivity index (χ1) is 17.2. The first-order valence-electron chi connectivity index (χ1n) is 15.2. The van der Waals surface area contributed by atoms with Crippen molar-refractivity contribution in [3.63, 3.8) is 0 Å². The van der Waals surface area contributed by atoms with Crippen LogP contribution in [0.5, 0.6) is 0 Å². The normalized spacial score (nSPS) is 16.5. The molecular formula is C27H68O6Si6. The van der Waals surface area contributed by atoms with E-state index in [9.17, 15) is 10.2 Å². The van der Waals surface area contributed by atoms with Gasteiger partial charge in [-0.2, -0.15) is 0 Å². The largest absolute Gasteiger partial charge is 0.436 e. The molecule has 0 radical (unpaired) electrons. The lowest BCUT2D eigenvalue weighted by atomic mass is 9.79. The second-order valence-corrected chi connectivity index (χ2v) is 42.5. The highest BCUT2D eigenvalue weighted by molar-refractivity contribution is 6.89. The Labute approximate surface area is 250 Å². The highest BCUT2D eigenvalue weighted by Crippen LogP contribution is 2.39. The zero-order valence-electron chi connectivity index (χ0n) is 28.8. The summed E-state index contributed by atoms with van der Waals surface area (Å²) in [6.07, 6.45) is 5.52. The van der Waals surface area contributed by atoms with E-state index in [1.54, 1.807) is 0 Å². The quantitative estimate of drug-likeness (QED) is 0.128. The Morgan fingerprint density at radius 2 is 0.718 bits per heavy atom. The molecule has 39 heavy (non-hydrogen) atoms. The zero-order chi connectivity index (χ0) is 31.1. The number of hydrogen-bond donors (Lipinski definition) is 2. The van der Waals surface area contributed by atoms with Crippen molar-refractivity contribution in [1.29, 1.82) is 0 Å². The summed E-state index contributed by atoms with van der Waals surface area (Å²) in [5.74, 6) is 0. The summed E-state index contributed by atoms with van der Waals surface area (Å²) in [6.45, 7) is 36.1. The van der Waals surface area contributed by atoms with Crippen LogP contribution in [0.2, 0.25) is 103 Å². The summed E-state index contributed by atoms with van der Waals surface area (Å²) in [6, 6.07) is 0. The SMILES string of the molecule is CC(CCCC(CO)(CO)CCCC(C)[Si](C)(O[Si](C)(C)C)O[Si](C)(C)C)[Si](C)(O[Si](C)(C)C)O[Si](C)(C)C. The van der Waals surface area contributed by atoms with E-state index in [-0.39, 0.29) is 13.2 Å². The monoisotopic (exact) mass is 656 g/mol. The molecule has 12 heteroatoms. The van der Waals surface area contributed by atoms with Gasteiger partial charge < -0.3 is 26.7 Å². The number of aliphatic hydroxyl groups excluding tert-OH is 2. The second kappa shape index (κ2) is 15.2. The van der Waals surface area contributed by atoms with E-state index >= 15 is 0 Å². The third-order valence-electron chi connectivity index (χ3n) is 7.19. The van der Waals surface area contributed by atoms with E-state index in [4.69, 9.17) is 16.5 Å². The lowest BCUT2D eigenvalue weighted by Crippen LogP contribution is -2.55. The zero-order valence-corrected chi connectivity index (χ0v) is 34.8. The molecule has 0 heterocycles. The minimum absolute atomic E-state index is 0.0171. The van der Waals surface area contributed by atoms with Crippen molar-refractivity contribution in [2.75, 3.05) is 13.2 Å². The van der Waals surface area contributed by atoms with Gasteiger partial charge in [0.15, 0.2) is 33.3 Å². The summed E-state index contributed by atoms with van der Waals surface area (Å²) in [5.41, 5.74) is 0.263. The third-order valence-corrected chi connectivity index (χ3v) is 27.6. The fourth-order valence-corrected chi connectivity index (χ4v) is 30.7. The van der Waals surface area contributed by atoms with Crippen molar-refractivity contribution < 1.29 is 26.7 Å². The second-order valence-electron chi connectivity index (χ2n) is 16.3. The first-order valence-corrected chi connectivity index (χ1v) is 33.6. The molecule has 2 unspecified atom stereocenters. The van der Waals surface area contributed by atoms with Crippen molar-refractivity contribution >= 4 is 50.4 Å². The molecule has 236 valence electrons. The number of hydrogen-bond acceptors (Lipinski definition) is 6. The third kappa shape index (κ3) is 16.5. The number of aliphatic hydroxyl groups is 2. The molecule has 0 bridgehead atoms. The first kappa shape index (κ1) is 40.1. The molecule has 0 fully saturated rings. The van der Waals surface area contributed by atoms with Crippen molar-refractivity contribution in [3.05, 3.63) is 0 Å². The van der Waals surface area contributed by atoms with Gasteiger partial charge >= 0.3 is 17.1 Å². The highest BCUT2D eigenvalue weighted by atomic mass is 28.5. The fourth-order valence-electron chi connectivity index (χ4n) is 5.46. The van der Waals surface area contributed by atoms with Crippen LogP contribution in [0.15, 0.2) is 0 Å². The van der Waals surface area contributed by atoms with Crippen LogP contribution in [-0.4, -0.2) is 73.8 Å². The molecule has 2 atom stereocenters. The van der Waals surface area contributed by atoms with Gasteiger partial charge in [-0.15, -0.1) is 0 Å². The van der Waals surface area contributed by atoms with Crippen LogP contribution in [0.1, 0.15) is 52.4 Å². The van der Waals surface area contributed by atoms with Gasteiger partial charge in [0, 0.05) is 5.41 Å². The van der Waals surface area contributed by atoms with Gasteiger partial charge in [-0.1, -0.05) is 26.7 Å². The van der Waals surface area contributed by atoms with Gasteiger partial charge in [0.25, 0.3) is 0 Å². The van der Waals surface area contributed by atoms with Crippen LogP contribution in [0.3, 0.4) is 0 Å². The van der Waals surface area contributed by atoms with Crippen LogP contribution >= 0.6 is 0 Å². The highest BCUT2D eigenvalue weighted by Gasteiger charge is 2.46. The van der Waals surface area contributed by atoms with Crippen molar-refractivity contribution in [2.24, 2.45) is 5.41 Å². The Bertz CT molecular complexity index is 620. The van der Waals surface area contributed by atoms with E-state index in [1.165, 1.54) is 0 Å². The summed E-state index contributed by atoms with van der Waals surface area (Å²) in [4.78, 5) is 0. The number of rotatable bonds is 20. The molecule has 2 N–H and O–H groups in total. The maximum absolute atomic E-state index is 10.4. The van der Waals surface area contributed by atoms with Crippen LogP contribution < -0.4 is 0 Å². The van der Waals surface area contributed by atoms with Gasteiger partial charge in [-0.3, -0.25) is 0 Å². The molecule has 0 aromatic heterocycles. The minimum Gasteiger partial charge on any atom is -0.436 e. The van der Waals surface area contributed by atoms with E-state index in [0.29, 0.717) is 11.1 Å². The standard InChI is InChI=1S/C27H68O6Si6/c1-25(38(15,30-34(3,4)5)31-35(6,7)8)19-17-21-27(23-28,24-29)22-18-20-26(2)39(16,32-36(9,10)11)33-37(12,13)14/h25-26,28-29H,17-24H2,1-16H3. The average Bonchev–Trinajstić information content (AvgIpc) is 2.66. The molecule has 0 aromatic carbocycles. The van der Waals surface area contributed by atoms with E-state index < -0.39 is 55.8 Å². The van der Waals surface area contributed by atoms with Gasteiger partial charge in [0.05, 0.1) is 13.2 Å². The Morgan fingerprint density at radius 3 is 0.897 bits per heavy atom. The van der Waals surface area contributed by atoms with Gasteiger partial charge in [0.2, 0.25) is 0 Å². The molecule has 0 aliphatic rings. The molecule has 0 spiro atoms. The molecule has 0 saturated heterocycles. The Kier molecular flexibility index (Phi) is 15.6. The molecular weight excluding hydrogens is 589 g/mol. The fraction of sp³-hybridized carbons (Fsp3) is 1.00. The molecule has 0 aromatic rings. The maximum atomic E-state index is 10.4. The summed E-state index contributed by atoms with van der Waals surface area (Å²) < 4.78 is 27.1. The van der Waals surface area contributed by atoms with Gasteiger partial charge in [-0.25, -0.2) is 0 Å². The molecule has 0 amide bonds.